The lowest BCUT2D eigenvalue weighted by Crippen LogP contribution is -2.59. The van der Waals surface area contributed by atoms with E-state index in [1.165, 1.54) is 29.2 Å². The lowest BCUT2D eigenvalue weighted by Gasteiger charge is -2.55. The summed E-state index contributed by atoms with van der Waals surface area (Å²) in [7, 11) is 0. The van der Waals surface area contributed by atoms with Crippen LogP contribution in [0.2, 0.25) is 0 Å². The fourth-order valence-electron chi connectivity index (χ4n) is 5.42. The van der Waals surface area contributed by atoms with E-state index in [0.29, 0.717) is 24.1 Å². The van der Waals surface area contributed by atoms with E-state index in [0.717, 1.165) is 25.0 Å². The maximum Gasteiger partial charge on any atom is 0.573 e. The zero-order valence-electron chi connectivity index (χ0n) is 19.6. The number of anilines is 1. The lowest BCUT2D eigenvalue weighted by molar-refractivity contribution is -0.274. The van der Waals surface area contributed by atoms with Gasteiger partial charge in [-0.2, -0.15) is 0 Å². The van der Waals surface area contributed by atoms with Crippen LogP contribution in [0.5, 0.6) is 5.75 Å². The van der Waals surface area contributed by atoms with Gasteiger partial charge in [-0.1, -0.05) is 6.07 Å². The van der Waals surface area contributed by atoms with E-state index in [2.05, 4.69) is 4.74 Å². The van der Waals surface area contributed by atoms with Crippen LogP contribution in [-0.4, -0.2) is 46.2 Å². The third kappa shape index (κ3) is 4.99. The van der Waals surface area contributed by atoms with Gasteiger partial charge in [0.2, 0.25) is 5.91 Å². The SMILES string of the molecule is O=C(O)CCC(=O)N(C1CC1)[C@H]1c2ccc(F)cc2N(C(=O)c2ccc(OC(F)(F)F)cc2)[C@H]2CC[C@H]21. The van der Waals surface area contributed by atoms with Crippen molar-refractivity contribution in [3.8, 4) is 5.75 Å². The molecule has 2 aromatic rings. The zero-order chi connectivity index (χ0) is 26.5. The number of rotatable bonds is 7. The van der Waals surface area contributed by atoms with E-state index in [4.69, 9.17) is 5.11 Å². The monoisotopic (exact) mass is 520 g/mol. The third-order valence-corrected chi connectivity index (χ3v) is 7.23. The summed E-state index contributed by atoms with van der Waals surface area (Å²) < 4.78 is 55.9. The molecule has 2 aliphatic carbocycles. The van der Waals surface area contributed by atoms with E-state index in [9.17, 15) is 31.9 Å². The number of carboxylic acids is 1. The van der Waals surface area contributed by atoms with Crippen molar-refractivity contribution in [3.63, 3.8) is 0 Å². The van der Waals surface area contributed by atoms with E-state index in [-0.39, 0.29) is 42.3 Å². The molecule has 0 aromatic heterocycles. The number of nitrogens with zero attached hydrogens (tertiary/aromatic N) is 2. The average Bonchev–Trinajstić information content (AvgIpc) is 3.63. The first-order valence-electron chi connectivity index (χ1n) is 12.1. The molecule has 0 bridgehead atoms. The summed E-state index contributed by atoms with van der Waals surface area (Å²) in [6.07, 6.45) is -2.40. The van der Waals surface area contributed by atoms with Gasteiger partial charge in [0.15, 0.2) is 0 Å². The number of benzene rings is 2. The van der Waals surface area contributed by atoms with Crippen molar-refractivity contribution in [3.05, 3.63) is 59.4 Å². The normalized spacial score (nSPS) is 22.4. The van der Waals surface area contributed by atoms with E-state index in [1.807, 2.05) is 0 Å². The number of hydrogen-bond donors (Lipinski definition) is 1. The van der Waals surface area contributed by atoms with Crippen LogP contribution in [0, 0.1) is 11.7 Å². The summed E-state index contributed by atoms with van der Waals surface area (Å²) in [5.74, 6) is -3.01. The Morgan fingerprint density at radius 1 is 1.00 bits per heavy atom. The van der Waals surface area contributed by atoms with Crippen LogP contribution in [-0.2, 0) is 9.59 Å². The fourth-order valence-corrected chi connectivity index (χ4v) is 5.42. The second-order valence-corrected chi connectivity index (χ2v) is 9.63. The van der Waals surface area contributed by atoms with Crippen LogP contribution in [0.25, 0.3) is 0 Å². The number of amides is 2. The van der Waals surface area contributed by atoms with Gasteiger partial charge in [-0.3, -0.25) is 14.4 Å². The van der Waals surface area contributed by atoms with Crippen molar-refractivity contribution >= 4 is 23.5 Å². The quantitative estimate of drug-likeness (QED) is 0.516. The molecule has 37 heavy (non-hydrogen) atoms. The molecule has 2 aromatic carbocycles. The predicted octanol–water partition coefficient (Wildman–Crippen LogP) is 5.06. The van der Waals surface area contributed by atoms with Crippen molar-refractivity contribution in [1.29, 1.82) is 0 Å². The van der Waals surface area contributed by atoms with Gasteiger partial charge in [-0.05, 0) is 67.6 Å². The molecule has 0 radical (unpaired) electrons. The van der Waals surface area contributed by atoms with Gasteiger partial charge >= 0.3 is 12.3 Å². The number of alkyl halides is 3. The highest BCUT2D eigenvalue weighted by Gasteiger charge is 2.53. The molecule has 0 spiro atoms. The molecule has 2 saturated carbocycles. The number of halogens is 4. The molecule has 0 unspecified atom stereocenters. The van der Waals surface area contributed by atoms with Crippen molar-refractivity contribution < 1.29 is 41.8 Å². The molecule has 7 nitrogen and oxygen atoms in total. The summed E-state index contributed by atoms with van der Waals surface area (Å²) >= 11 is 0. The summed E-state index contributed by atoms with van der Waals surface area (Å²) in [6, 6.07) is 7.83. The smallest absolute Gasteiger partial charge is 0.481 e. The molecular formula is C26H24F4N2O5. The number of aliphatic carboxylic acids is 1. The van der Waals surface area contributed by atoms with Gasteiger partial charge in [-0.25, -0.2) is 4.39 Å². The molecule has 5 rings (SSSR count). The second-order valence-electron chi connectivity index (χ2n) is 9.63. The number of carbonyl (C=O) groups excluding carboxylic acids is 2. The molecule has 196 valence electrons. The maximum absolute atomic E-state index is 14.4. The summed E-state index contributed by atoms with van der Waals surface area (Å²) in [6.45, 7) is 0. The van der Waals surface area contributed by atoms with Crippen molar-refractivity contribution in [1.82, 2.24) is 4.90 Å². The minimum atomic E-state index is -4.86. The van der Waals surface area contributed by atoms with E-state index in [1.54, 1.807) is 11.0 Å². The van der Waals surface area contributed by atoms with Gasteiger partial charge in [0.25, 0.3) is 5.91 Å². The Balaban J connectivity index is 1.49. The number of hydrogen-bond acceptors (Lipinski definition) is 4. The van der Waals surface area contributed by atoms with E-state index < -0.39 is 35.8 Å². The Bertz CT molecular complexity index is 1230. The van der Waals surface area contributed by atoms with Crippen LogP contribution in [0.15, 0.2) is 42.5 Å². The van der Waals surface area contributed by atoms with Gasteiger partial charge < -0.3 is 19.6 Å². The standard InChI is InChI=1S/C26H24F4N2O5/c27-15-3-8-19-21(13-15)32(25(36)14-1-6-17(7-2-14)37-26(28,29)30)20-10-9-18(20)24(19)31(16-4-5-16)22(33)11-12-23(34)35/h1-3,6-8,13,16,18,20,24H,4-5,9-12H2,(H,34,35)/t18-,20+,24-/m1/s1. The summed E-state index contributed by atoms with van der Waals surface area (Å²) in [4.78, 5) is 41.0. The van der Waals surface area contributed by atoms with Crippen molar-refractivity contribution in [2.45, 2.75) is 63.0 Å². The first-order chi connectivity index (χ1) is 17.5. The van der Waals surface area contributed by atoms with Crippen LogP contribution in [0.4, 0.5) is 23.2 Å². The van der Waals surface area contributed by atoms with Gasteiger partial charge in [0.05, 0.1) is 18.2 Å². The molecule has 2 amide bonds. The van der Waals surface area contributed by atoms with Gasteiger partial charge in [-0.15, -0.1) is 13.2 Å². The average molecular weight is 520 g/mol. The van der Waals surface area contributed by atoms with Crippen LogP contribution >= 0.6 is 0 Å². The Hall–Kier alpha value is -3.63. The topological polar surface area (TPSA) is 87.2 Å². The summed E-state index contributed by atoms with van der Waals surface area (Å²) in [5, 5.41) is 9.06. The maximum atomic E-state index is 14.4. The summed E-state index contributed by atoms with van der Waals surface area (Å²) in [5.41, 5.74) is 1.02. The first kappa shape index (κ1) is 25.0. The molecule has 3 atom stereocenters. The fraction of sp³-hybridized carbons (Fsp3) is 0.423. The minimum Gasteiger partial charge on any atom is -0.481 e. The number of carboxylic acid groups (broad SMARTS) is 1. The zero-order valence-corrected chi connectivity index (χ0v) is 19.6. The molecular weight excluding hydrogens is 496 g/mol. The van der Waals surface area contributed by atoms with Gasteiger partial charge in [0.1, 0.15) is 11.6 Å². The Morgan fingerprint density at radius 2 is 1.70 bits per heavy atom. The van der Waals surface area contributed by atoms with Crippen molar-refractivity contribution in [2.24, 2.45) is 5.92 Å². The Kier molecular flexibility index (Phi) is 6.33. The molecule has 1 aliphatic heterocycles. The highest BCUT2D eigenvalue weighted by molar-refractivity contribution is 6.07. The molecule has 3 aliphatic rings. The Morgan fingerprint density at radius 3 is 2.27 bits per heavy atom. The molecule has 1 N–H and O–H groups in total. The van der Waals surface area contributed by atoms with Crippen molar-refractivity contribution in [2.75, 3.05) is 4.90 Å². The molecule has 2 fully saturated rings. The number of carbonyl (C=O) groups is 3. The Labute approximate surface area is 209 Å². The largest absolute Gasteiger partial charge is 0.573 e. The predicted molar refractivity (Wildman–Crippen MR) is 122 cm³/mol. The third-order valence-electron chi connectivity index (χ3n) is 7.23. The lowest BCUT2D eigenvalue weighted by atomic mass is 9.67. The van der Waals surface area contributed by atoms with Crippen LogP contribution in [0.1, 0.15) is 60.5 Å². The minimum absolute atomic E-state index is 0.0334. The first-order valence-corrected chi connectivity index (χ1v) is 12.1. The molecule has 0 saturated heterocycles. The highest BCUT2D eigenvalue weighted by Crippen LogP contribution is 2.54. The van der Waals surface area contributed by atoms with Crippen LogP contribution < -0.4 is 9.64 Å². The second kappa shape index (κ2) is 9.35. The molecule has 11 heteroatoms. The number of ether oxygens (including phenoxy) is 1. The van der Waals surface area contributed by atoms with Crippen LogP contribution in [0.3, 0.4) is 0 Å². The molecule has 1 heterocycles. The van der Waals surface area contributed by atoms with E-state index >= 15 is 0 Å². The van der Waals surface area contributed by atoms with Gasteiger partial charge in [0, 0.05) is 30.0 Å². The number of fused-ring (bicyclic) bond motifs is 2. The highest BCUT2D eigenvalue weighted by atomic mass is 19.4.